The average Bonchev–Trinajstić information content (AvgIpc) is 2.47. The fourth-order valence-electron chi connectivity index (χ4n) is 2.51. The molecule has 1 heterocycles. The topological polar surface area (TPSA) is 50.9 Å². The third kappa shape index (κ3) is 3.52. The summed E-state index contributed by atoms with van der Waals surface area (Å²) in [6, 6.07) is 10.6. The highest BCUT2D eigenvalue weighted by atomic mass is 15.2. The number of fused-ring (bicyclic) bond motifs is 1. The molecule has 19 heavy (non-hydrogen) atoms. The Balaban J connectivity index is 2.16. The number of hydrogen-bond donors (Lipinski definition) is 2. The highest BCUT2D eigenvalue weighted by Gasteiger charge is 2.12. The second-order valence-electron chi connectivity index (χ2n) is 4.99. The van der Waals surface area contributed by atoms with E-state index in [-0.39, 0.29) is 6.04 Å². The number of nitrogens with zero attached hydrogens (tertiary/aromatic N) is 1. The Morgan fingerprint density at radius 2 is 2.00 bits per heavy atom. The van der Waals surface area contributed by atoms with Crippen molar-refractivity contribution in [3.05, 3.63) is 42.1 Å². The molecule has 0 saturated carbocycles. The van der Waals surface area contributed by atoms with Gasteiger partial charge in [-0.15, -0.1) is 0 Å². The second-order valence-corrected chi connectivity index (χ2v) is 4.99. The van der Waals surface area contributed by atoms with E-state index in [4.69, 9.17) is 5.84 Å². The quantitative estimate of drug-likeness (QED) is 0.451. The molecule has 0 aliphatic heterocycles. The molecule has 1 aromatic carbocycles. The lowest BCUT2D eigenvalue weighted by Crippen LogP contribution is -2.28. The van der Waals surface area contributed by atoms with Gasteiger partial charge in [-0.2, -0.15) is 0 Å². The van der Waals surface area contributed by atoms with Gasteiger partial charge in [-0.3, -0.25) is 16.3 Å². The molecule has 0 aliphatic rings. The van der Waals surface area contributed by atoms with Gasteiger partial charge >= 0.3 is 0 Å². The van der Waals surface area contributed by atoms with Crippen molar-refractivity contribution in [1.29, 1.82) is 0 Å². The third-order valence-electron chi connectivity index (χ3n) is 3.59. The van der Waals surface area contributed by atoms with Crippen molar-refractivity contribution in [3.8, 4) is 0 Å². The van der Waals surface area contributed by atoms with Crippen LogP contribution in [-0.4, -0.2) is 4.98 Å². The Labute approximate surface area is 115 Å². The number of unbranched alkanes of at least 4 members (excludes halogenated alkanes) is 3. The van der Waals surface area contributed by atoms with E-state index in [0.29, 0.717) is 0 Å². The number of aromatic nitrogens is 1. The Morgan fingerprint density at radius 1 is 1.16 bits per heavy atom. The van der Waals surface area contributed by atoms with E-state index in [1.165, 1.54) is 36.6 Å². The normalized spacial score (nSPS) is 12.7. The summed E-state index contributed by atoms with van der Waals surface area (Å²) in [5.74, 6) is 5.73. The SMILES string of the molecule is CCCCCCC(NN)c1cccc2cccnc12. The summed E-state index contributed by atoms with van der Waals surface area (Å²) in [4.78, 5) is 4.50. The molecule has 0 saturated heterocycles. The average molecular weight is 257 g/mol. The predicted octanol–water partition coefficient (Wildman–Crippen LogP) is 3.71. The molecule has 1 unspecified atom stereocenters. The maximum absolute atomic E-state index is 5.73. The van der Waals surface area contributed by atoms with Gasteiger partial charge in [0.15, 0.2) is 0 Å². The molecule has 0 amide bonds. The highest BCUT2D eigenvalue weighted by molar-refractivity contribution is 5.81. The third-order valence-corrected chi connectivity index (χ3v) is 3.59. The van der Waals surface area contributed by atoms with Crippen LogP contribution in [0.4, 0.5) is 0 Å². The summed E-state index contributed by atoms with van der Waals surface area (Å²) in [7, 11) is 0. The Morgan fingerprint density at radius 3 is 2.79 bits per heavy atom. The molecule has 102 valence electrons. The van der Waals surface area contributed by atoms with Crippen molar-refractivity contribution < 1.29 is 0 Å². The first kappa shape index (κ1) is 14.0. The maximum Gasteiger partial charge on any atom is 0.0750 e. The van der Waals surface area contributed by atoms with E-state index in [9.17, 15) is 0 Å². The first-order valence-electron chi connectivity index (χ1n) is 7.16. The van der Waals surface area contributed by atoms with Gasteiger partial charge in [-0.25, -0.2) is 0 Å². The van der Waals surface area contributed by atoms with Crippen molar-refractivity contribution >= 4 is 10.9 Å². The monoisotopic (exact) mass is 257 g/mol. The molecule has 1 aromatic heterocycles. The smallest absolute Gasteiger partial charge is 0.0750 e. The summed E-state index contributed by atoms with van der Waals surface area (Å²) < 4.78 is 0. The van der Waals surface area contributed by atoms with Crippen molar-refractivity contribution in [2.75, 3.05) is 0 Å². The van der Waals surface area contributed by atoms with Crippen LogP contribution >= 0.6 is 0 Å². The van der Waals surface area contributed by atoms with E-state index in [2.05, 4.69) is 41.6 Å². The van der Waals surface area contributed by atoms with E-state index in [1.54, 1.807) is 0 Å². The van der Waals surface area contributed by atoms with Crippen LogP contribution in [0.25, 0.3) is 10.9 Å². The number of pyridine rings is 1. The van der Waals surface area contributed by atoms with E-state index in [0.717, 1.165) is 11.9 Å². The van der Waals surface area contributed by atoms with Gasteiger partial charge in [-0.1, -0.05) is 56.9 Å². The van der Waals surface area contributed by atoms with E-state index in [1.807, 2.05) is 12.3 Å². The first-order chi connectivity index (χ1) is 9.36. The lowest BCUT2D eigenvalue weighted by molar-refractivity contribution is 0.484. The predicted molar refractivity (Wildman–Crippen MR) is 80.6 cm³/mol. The van der Waals surface area contributed by atoms with Crippen LogP contribution < -0.4 is 11.3 Å². The Kier molecular flexibility index (Phi) is 5.31. The minimum absolute atomic E-state index is 0.190. The highest BCUT2D eigenvalue weighted by Crippen LogP contribution is 2.25. The molecule has 0 bridgehead atoms. The van der Waals surface area contributed by atoms with Crippen LogP contribution in [-0.2, 0) is 0 Å². The van der Waals surface area contributed by atoms with Gasteiger partial charge < -0.3 is 0 Å². The zero-order chi connectivity index (χ0) is 13.5. The van der Waals surface area contributed by atoms with Crippen molar-refractivity contribution in [2.24, 2.45) is 5.84 Å². The van der Waals surface area contributed by atoms with Crippen LogP contribution in [0.3, 0.4) is 0 Å². The van der Waals surface area contributed by atoms with Gasteiger partial charge in [0.05, 0.1) is 5.52 Å². The first-order valence-corrected chi connectivity index (χ1v) is 7.16. The van der Waals surface area contributed by atoms with Crippen LogP contribution in [0.2, 0.25) is 0 Å². The van der Waals surface area contributed by atoms with Gasteiger partial charge in [0.25, 0.3) is 0 Å². The number of hydrazine groups is 1. The molecule has 0 radical (unpaired) electrons. The lowest BCUT2D eigenvalue weighted by atomic mass is 9.98. The van der Waals surface area contributed by atoms with Gasteiger partial charge in [0.1, 0.15) is 0 Å². The molecule has 2 aromatic rings. The van der Waals surface area contributed by atoms with Crippen LogP contribution in [0, 0.1) is 0 Å². The number of para-hydroxylation sites is 1. The van der Waals surface area contributed by atoms with Crippen LogP contribution in [0.15, 0.2) is 36.5 Å². The lowest BCUT2D eigenvalue weighted by Gasteiger charge is -2.17. The second kappa shape index (κ2) is 7.22. The van der Waals surface area contributed by atoms with Crippen molar-refractivity contribution in [2.45, 2.75) is 45.1 Å². The van der Waals surface area contributed by atoms with Gasteiger partial charge in [-0.05, 0) is 18.1 Å². The molecule has 0 fully saturated rings. The zero-order valence-corrected chi connectivity index (χ0v) is 11.6. The van der Waals surface area contributed by atoms with Crippen LogP contribution in [0.5, 0.6) is 0 Å². The molecular formula is C16H23N3. The van der Waals surface area contributed by atoms with Crippen LogP contribution in [0.1, 0.15) is 50.6 Å². The van der Waals surface area contributed by atoms with Crippen molar-refractivity contribution in [1.82, 2.24) is 10.4 Å². The summed E-state index contributed by atoms with van der Waals surface area (Å²) in [5.41, 5.74) is 5.21. The molecule has 3 N–H and O–H groups in total. The summed E-state index contributed by atoms with van der Waals surface area (Å²) in [6.07, 6.45) is 7.93. The van der Waals surface area contributed by atoms with Gasteiger partial charge in [0.2, 0.25) is 0 Å². The number of nitrogens with one attached hydrogen (secondary N) is 1. The summed E-state index contributed by atoms with van der Waals surface area (Å²) >= 11 is 0. The molecule has 2 rings (SSSR count). The molecular weight excluding hydrogens is 234 g/mol. The number of nitrogens with two attached hydrogens (primary N) is 1. The minimum atomic E-state index is 0.190. The number of rotatable bonds is 7. The number of benzene rings is 1. The van der Waals surface area contributed by atoms with Gasteiger partial charge in [0, 0.05) is 17.6 Å². The number of hydrogen-bond acceptors (Lipinski definition) is 3. The molecule has 0 spiro atoms. The maximum atomic E-state index is 5.73. The fraction of sp³-hybridized carbons (Fsp3) is 0.438. The molecule has 1 atom stereocenters. The minimum Gasteiger partial charge on any atom is -0.271 e. The summed E-state index contributed by atoms with van der Waals surface area (Å²) in [5, 5.41) is 1.17. The Hall–Kier alpha value is -1.45. The van der Waals surface area contributed by atoms with E-state index < -0.39 is 0 Å². The van der Waals surface area contributed by atoms with Crippen molar-refractivity contribution in [3.63, 3.8) is 0 Å². The largest absolute Gasteiger partial charge is 0.271 e. The molecule has 0 aliphatic carbocycles. The van der Waals surface area contributed by atoms with E-state index >= 15 is 0 Å². The standard InChI is InChI=1S/C16H23N3/c1-2-3-4-5-11-15(19-17)14-10-6-8-13-9-7-12-18-16(13)14/h6-10,12,15,19H,2-5,11,17H2,1H3. The molecule has 3 nitrogen and oxygen atoms in total. The Bertz CT molecular complexity index is 505. The summed E-state index contributed by atoms with van der Waals surface area (Å²) in [6.45, 7) is 2.23. The zero-order valence-electron chi connectivity index (χ0n) is 11.6. The fourth-order valence-corrected chi connectivity index (χ4v) is 2.51. The molecule has 3 heteroatoms.